The van der Waals surface area contributed by atoms with Crippen molar-refractivity contribution >= 4 is 11.4 Å². The summed E-state index contributed by atoms with van der Waals surface area (Å²) in [6, 6.07) is 3.47. The molecule has 15 heavy (non-hydrogen) atoms. The predicted molar refractivity (Wildman–Crippen MR) is 49.0 cm³/mol. The molecule has 0 aliphatic carbocycles. The lowest BCUT2D eigenvalue weighted by Gasteiger charge is -2.05. The summed E-state index contributed by atoms with van der Waals surface area (Å²) >= 11 is 0. The molecule has 2 N–H and O–H groups in total. The van der Waals surface area contributed by atoms with E-state index in [1.165, 1.54) is 6.07 Å². The van der Waals surface area contributed by atoms with Gasteiger partial charge in [-0.15, -0.1) is 0 Å². The molecule has 0 unspecified atom stereocenters. The van der Waals surface area contributed by atoms with Crippen LogP contribution in [0.2, 0.25) is 0 Å². The van der Waals surface area contributed by atoms with E-state index in [0.717, 1.165) is 12.1 Å². The Kier molecular flexibility index (Phi) is 3.37. The number of rotatable bonds is 4. The summed E-state index contributed by atoms with van der Waals surface area (Å²) in [6.45, 7) is -0.767. The molecule has 0 bridgehead atoms. The molecule has 0 fully saturated rings. The number of nitro benzene ring substituents is 1. The van der Waals surface area contributed by atoms with Crippen LogP contribution in [0.1, 0.15) is 0 Å². The van der Waals surface area contributed by atoms with E-state index < -0.39 is 18.0 Å². The first-order valence-electron chi connectivity index (χ1n) is 3.95. The summed E-state index contributed by atoms with van der Waals surface area (Å²) < 4.78 is 28.2. The molecule has 1 aromatic rings. The summed E-state index contributed by atoms with van der Waals surface area (Å²) in [5, 5.41) is 10.4. The fourth-order valence-electron chi connectivity index (χ4n) is 0.948. The smallest absolute Gasteiger partial charge is 0.292 e. The lowest BCUT2D eigenvalue weighted by Crippen LogP contribution is -2.07. The topological polar surface area (TPSA) is 78.4 Å². The van der Waals surface area contributed by atoms with Crippen LogP contribution in [0, 0.1) is 10.1 Å². The zero-order chi connectivity index (χ0) is 11.4. The van der Waals surface area contributed by atoms with Crippen molar-refractivity contribution in [2.45, 2.75) is 6.43 Å². The first kappa shape index (κ1) is 11.2. The number of nitro groups is 1. The number of hydrogen-bond donors (Lipinski definition) is 1. The number of anilines is 1. The number of benzene rings is 1. The van der Waals surface area contributed by atoms with Gasteiger partial charge in [0, 0.05) is 12.1 Å². The van der Waals surface area contributed by atoms with Crippen LogP contribution in [0.4, 0.5) is 20.2 Å². The van der Waals surface area contributed by atoms with Gasteiger partial charge in [0.25, 0.3) is 12.1 Å². The van der Waals surface area contributed by atoms with E-state index in [0.29, 0.717) is 0 Å². The highest BCUT2D eigenvalue weighted by molar-refractivity contribution is 5.60. The van der Waals surface area contributed by atoms with Crippen LogP contribution >= 0.6 is 0 Å². The molecule has 1 rings (SSSR count). The maximum atomic E-state index is 11.8. The molecule has 7 heteroatoms. The Morgan fingerprint density at radius 1 is 1.53 bits per heavy atom. The molecule has 0 radical (unpaired) electrons. The van der Waals surface area contributed by atoms with Gasteiger partial charge >= 0.3 is 0 Å². The Labute approximate surface area is 83.6 Å². The molecule has 0 amide bonds. The third-order valence-electron chi connectivity index (χ3n) is 1.57. The second kappa shape index (κ2) is 4.54. The van der Waals surface area contributed by atoms with Gasteiger partial charge in [0.2, 0.25) is 0 Å². The molecule has 0 spiro atoms. The standard InChI is InChI=1S/C8H8F2N2O3/c9-8(10)4-15-5-1-2-7(12(13)14)6(11)3-5/h1-3,8H,4,11H2. The molecule has 0 aliphatic heterocycles. The highest BCUT2D eigenvalue weighted by Gasteiger charge is 2.12. The Hall–Kier alpha value is -1.92. The lowest BCUT2D eigenvalue weighted by molar-refractivity contribution is -0.383. The Balaban J connectivity index is 2.78. The molecule has 0 saturated heterocycles. The average molecular weight is 218 g/mol. The average Bonchev–Trinajstić information content (AvgIpc) is 2.14. The van der Waals surface area contributed by atoms with Crippen LogP contribution in [0.5, 0.6) is 5.75 Å². The lowest BCUT2D eigenvalue weighted by atomic mass is 10.2. The summed E-state index contributed by atoms with van der Waals surface area (Å²) in [4.78, 5) is 9.70. The second-order valence-electron chi connectivity index (χ2n) is 2.68. The van der Waals surface area contributed by atoms with Gasteiger partial charge in [0.05, 0.1) is 4.92 Å². The molecular weight excluding hydrogens is 210 g/mol. The first-order valence-corrected chi connectivity index (χ1v) is 3.95. The predicted octanol–water partition coefficient (Wildman–Crippen LogP) is 1.82. The third kappa shape index (κ3) is 3.04. The zero-order valence-electron chi connectivity index (χ0n) is 7.52. The van der Waals surface area contributed by atoms with Crippen molar-refractivity contribution in [1.29, 1.82) is 0 Å². The van der Waals surface area contributed by atoms with Gasteiger partial charge in [-0.3, -0.25) is 10.1 Å². The summed E-state index contributed by atoms with van der Waals surface area (Å²) in [5.74, 6) is 0.0819. The number of nitrogen functional groups attached to an aromatic ring is 1. The van der Waals surface area contributed by atoms with Gasteiger partial charge in [-0.25, -0.2) is 8.78 Å². The highest BCUT2D eigenvalue weighted by Crippen LogP contribution is 2.26. The molecule has 0 saturated carbocycles. The van der Waals surface area contributed by atoms with Crippen molar-refractivity contribution in [2.75, 3.05) is 12.3 Å². The number of nitrogens with two attached hydrogens (primary N) is 1. The van der Waals surface area contributed by atoms with Gasteiger partial charge in [-0.05, 0) is 6.07 Å². The van der Waals surface area contributed by atoms with Crippen LogP contribution in [-0.4, -0.2) is 18.0 Å². The van der Waals surface area contributed by atoms with Crippen molar-refractivity contribution in [3.8, 4) is 5.75 Å². The fraction of sp³-hybridized carbons (Fsp3) is 0.250. The molecule has 0 heterocycles. The van der Waals surface area contributed by atoms with Gasteiger partial charge in [0.15, 0.2) is 0 Å². The van der Waals surface area contributed by atoms with E-state index in [4.69, 9.17) is 5.73 Å². The van der Waals surface area contributed by atoms with Gasteiger partial charge in [-0.2, -0.15) is 0 Å². The fourth-order valence-corrected chi connectivity index (χ4v) is 0.948. The summed E-state index contributed by atoms with van der Waals surface area (Å²) in [7, 11) is 0. The second-order valence-corrected chi connectivity index (χ2v) is 2.68. The molecule has 0 atom stereocenters. The van der Waals surface area contributed by atoms with E-state index in [1.54, 1.807) is 0 Å². The third-order valence-corrected chi connectivity index (χ3v) is 1.57. The molecule has 1 aromatic carbocycles. The number of ether oxygens (including phenoxy) is 1. The number of nitrogens with zero attached hydrogens (tertiary/aromatic N) is 1. The number of halogens is 2. The van der Waals surface area contributed by atoms with Crippen LogP contribution < -0.4 is 10.5 Å². The van der Waals surface area contributed by atoms with E-state index in [-0.39, 0.29) is 17.1 Å². The normalized spacial score (nSPS) is 10.3. The summed E-state index contributed by atoms with van der Waals surface area (Å²) in [5.41, 5.74) is 4.92. The molecule has 82 valence electrons. The minimum Gasteiger partial charge on any atom is -0.488 e. The molecule has 5 nitrogen and oxygen atoms in total. The van der Waals surface area contributed by atoms with Crippen LogP contribution in [0.15, 0.2) is 18.2 Å². The van der Waals surface area contributed by atoms with Crippen molar-refractivity contribution < 1.29 is 18.4 Å². The maximum Gasteiger partial charge on any atom is 0.292 e. The molecule has 0 aliphatic rings. The van der Waals surface area contributed by atoms with Crippen molar-refractivity contribution in [3.05, 3.63) is 28.3 Å². The maximum absolute atomic E-state index is 11.8. The summed E-state index contributed by atoms with van der Waals surface area (Å²) in [6.07, 6.45) is -2.60. The van der Waals surface area contributed by atoms with Crippen molar-refractivity contribution in [3.63, 3.8) is 0 Å². The molecular formula is C8H8F2N2O3. The van der Waals surface area contributed by atoms with Gasteiger partial charge in [0.1, 0.15) is 18.0 Å². The van der Waals surface area contributed by atoms with Crippen molar-refractivity contribution in [1.82, 2.24) is 0 Å². The Morgan fingerprint density at radius 3 is 2.67 bits per heavy atom. The van der Waals surface area contributed by atoms with Crippen molar-refractivity contribution in [2.24, 2.45) is 0 Å². The zero-order valence-corrected chi connectivity index (χ0v) is 7.52. The van der Waals surface area contributed by atoms with E-state index in [1.807, 2.05) is 0 Å². The number of hydrogen-bond acceptors (Lipinski definition) is 4. The van der Waals surface area contributed by atoms with Crippen LogP contribution in [0.25, 0.3) is 0 Å². The monoisotopic (exact) mass is 218 g/mol. The minimum atomic E-state index is -2.60. The Bertz CT molecular complexity index is 371. The number of alkyl halides is 2. The minimum absolute atomic E-state index is 0.0819. The van der Waals surface area contributed by atoms with E-state index in [2.05, 4.69) is 4.74 Å². The van der Waals surface area contributed by atoms with Gasteiger partial charge in [-0.1, -0.05) is 0 Å². The molecule has 0 aromatic heterocycles. The highest BCUT2D eigenvalue weighted by atomic mass is 19.3. The quantitative estimate of drug-likeness (QED) is 0.475. The SMILES string of the molecule is Nc1cc(OCC(F)F)ccc1[N+](=O)[O-]. The van der Waals surface area contributed by atoms with Gasteiger partial charge < -0.3 is 10.5 Å². The van der Waals surface area contributed by atoms with Crippen LogP contribution in [-0.2, 0) is 0 Å². The van der Waals surface area contributed by atoms with Crippen LogP contribution in [0.3, 0.4) is 0 Å². The van der Waals surface area contributed by atoms with E-state index in [9.17, 15) is 18.9 Å². The first-order chi connectivity index (χ1) is 7.00. The Morgan fingerprint density at radius 2 is 2.20 bits per heavy atom. The largest absolute Gasteiger partial charge is 0.488 e. The van der Waals surface area contributed by atoms with E-state index >= 15 is 0 Å².